The van der Waals surface area contributed by atoms with Crippen molar-refractivity contribution in [3.63, 3.8) is 0 Å². The third-order valence-electron chi connectivity index (χ3n) is 2.55. The van der Waals surface area contributed by atoms with Gasteiger partial charge in [-0.3, -0.25) is 0 Å². The fourth-order valence-electron chi connectivity index (χ4n) is 1.65. The predicted octanol–water partition coefficient (Wildman–Crippen LogP) is 4.58. The summed E-state index contributed by atoms with van der Waals surface area (Å²) >= 11 is 0. The van der Waals surface area contributed by atoms with Crippen molar-refractivity contribution in [2.24, 2.45) is 0 Å². The maximum Gasteiger partial charge on any atom is 0 e. The predicted molar refractivity (Wildman–Crippen MR) is 77.7 cm³/mol. The van der Waals surface area contributed by atoms with Crippen molar-refractivity contribution in [2.75, 3.05) is 0 Å². The van der Waals surface area contributed by atoms with E-state index in [0.29, 0.717) is 0 Å². The van der Waals surface area contributed by atoms with Crippen molar-refractivity contribution in [1.82, 2.24) is 0 Å². The molecule has 0 amide bonds. The van der Waals surface area contributed by atoms with Gasteiger partial charge in [0.15, 0.2) is 0 Å². The first kappa shape index (κ1) is 16.0. The van der Waals surface area contributed by atoms with Gasteiger partial charge in [0.2, 0.25) is 0 Å². The molecule has 1 saturated carbocycles. The molecular formula is C18H16Cr-6. The Morgan fingerprint density at radius 1 is 0.421 bits per heavy atom. The fourth-order valence-corrected chi connectivity index (χ4v) is 1.65. The first-order chi connectivity index (χ1) is 8.97. The summed E-state index contributed by atoms with van der Waals surface area (Å²) in [5, 5.41) is 0. The quantitative estimate of drug-likeness (QED) is 0.673. The van der Waals surface area contributed by atoms with Gasteiger partial charge in [-0.25, -0.2) is 0 Å². The second-order valence-corrected chi connectivity index (χ2v) is 3.89. The molecule has 0 radical (unpaired) electrons. The van der Waals surface area contributed by atoms with Crippen LogP contribution in [0.2, 0.25) is 0 Å². The molecule has 2 aromatic rings. The van der Waals surface area contributed by atoms with E-state index in [1.54, 1.807) is 0 Å². The van der Waals surface area contributed by atoms with E-state index >= 15 is 0 Å². The second kappa shape index (κ2) is 9.84. The smallest absolute Gasteiger partial charge is 0 e. The van der Waals surface area contributed by atoms with Crippen LogP contribution in [0.15, 0.2) is 60.7 Å². The van der Waals surface area contributed by atoms with Crippen LogP contribution >= 0.6 is 0 Å². The second-order valence-electron chi connectivity index (χ2n) is 3.89. The summed E-state index contributed by atoms with van der Waals surface area (Å²) in [4.78, 5) is 0. The summed E-state index contributed by atoms with van der Waals surface area (Å²) in [6.45, 7) is 0. The molecule has 19 heavy (non-hydrogen) atoms. The molecule has 1 aliphatic rings. The largest absolute Gasteiger partial charge is 0.726 e. The molecule has 0 bridgehead atoms. The monoisotopic (exact) mass is 284 g/mol. The standard InChI is InChI=1S/C12H10.C6H6.Cr/c1-3-7-11(8-4-1)12-9-5-2-6-10-12;1-2-4-6-5-3-1;/h1-10H;1-6H;/q;-6;. The summed E-state index contributed by atoms with van der Waals surface area (Å²) in [5.41, 5.74) is 2.55. The van der Waals surface area contributed by atoms with Gasteiger partial charge in [-0.05, 0) is 11.1 Å². The van der Waals surface area contributed by atoms with Crippen LogP contribution in [-0.4, -0.2) is 0 Å². The van der Waals surface area contributed by atoms with Crippen molar-refractivity contribution in [3.05, 3.63) is 99.2 Å². The molecule has 0 aromatic heterocycles. The molecule has 0 aliphatic heterocycles. The van der Waals surface area contributed by atoms with Gasteiger partial charge in [0.05, 0.1) is 0 Å². The molecule has 1 aliphatic carbocycles. The SMILES string of the molecule is [CH-]1[CH-][CH-][CH-][CH-][CH-]1.[Cr].c1ccc(-c2ccccc2)cc1. The van der Waals surface area contributed by atoms with Crippen LogP contribution in [0.3, 0.4) is 0 Å². The first-order valence-electron chi connectivity index (χ1n) is 6.07. The van der Waals surface area contributed by atoms with Gasteiger partial charge in [0, 0.05) is 17.4 Å². The summed E-state index contributed by atoms with van der Waals surface area (Å²) in [6, 6.07) is 20.8. The van der Waals surface area contributed by atoms with Crippen LogP contribution in [0, 0.1) is 38.5 Å². The summed E-state index contributed by atoms with van der Waals surface area (Å²) < 4.78 is 0. The van der Waals surface area contributed by atoms with E-state index in [2.05, 4.69) is 48.5 Å². The molecule has 0 heterocycles. The Morgan fingerprint density at radius 3 is 0.947 bits per heavy atom. The van der Waals surface area contributed by atoms with Gasteiger partial charge < -0.3 is 38.5 Å². The summed E-state index contributed by atoms with van der Waals surface area (Å²) in [6.07, 6.45) is 12.0. The number of rotatable bonds is 1. The van der Waals surface area contributed by atoms with Crippen molar-refractivity contribution < 1.29 is 17.4 Å². The van der Waals surface area contributed by atoms with Crippen LogP contribution in [-0.2, 0) is 17.4 Å². The average molecular weight is 284 g/mol. The minimum atomic E-state index is 0. The molecule has 0 nitrogen and oxygen atoms in total. The third-order valence-corrected chi connectivity index (χ3v) is 2.55. The average Bonchev–Trinajstić information content (AvgIpc) is 2.51. The topological polar surface area (TPSA) is 0 Å². The molecule has 3 rings (SSSR count). The Kier molecular flexibility index (Phi) is 8.30. The molecule has 0 saturated heterocycles. The Morgan fingerprint density at radius 2 is 0.684 bits per heavy atom. The van der Waals surface area contributed by atoms with Crippen LogP contribution in [0.25, 0.3) is 11.1 Å². The minimum absolute atomic E-state index is 0. The normalized spacial score (nSPS) is 13.7. The van der Waals surface area contributed by atoms with Gasteiger partial charge in [-0.1, -0.05) is 60.7 Å². The molecule has 1 fully saturated rings. The Hall–Kier alpha value is -1.03. The fraction of sp³-hybridized carbons (Fsp3) is 0. The molecule has 1 heteroatoms. The van der Waals surface area contributed by atoms with Crippen molar-refractivity contribution in [2.45, 2.75) is 0 Å². The number of benzene rings is 2. The van der Waals surface area contributed by atoms with Gasteiger partial charge >= 0.3 is 0 Å². The van der Waals surface area contributed by atoms with Crippen LogP contribution < -0.4 is 0 Å². The van der Waals surface area contributed by atoms with E-state index in [4.69, 9.17) is 0 Å². The number of hydrogen-bond donors (Lipinski definition) is 0. The van der Waals surface area contributed by atoms with Gasteiger partial charge in [0.25, 0.3) is 0 Å². The van der Waals surface area contributed by atoms with Crippen molar-refractivity contribution in [1.29, 1.82) is 0 Å². The Bertz CT molecular complexity index is 369. The van der Waals surface area contributed by atoms with Crippen LogP contribution in [0.5, 0.6) is 0 Å². The van der Waals surface area contributed by atoms with E-state index in [9.17, 15) is 0 Å². The van der Waals surface area contributed by atoms with E-state index in [1.165, 1.54) is 11.1 Å². The van der Waals surface area contributed by atoms with E-state index in [1.807, 2.05) is 50.7 Å². The Balaban J connectivity index is 0.000000220. The molecule has 0 spiro atoms. The maximum atomic E-state index is 2.12. The summed E-state index contributed by atoms with van der Waals surface area (Å²) in [5.74, 6) is 0. The van der Waals surface area contributed by atoms with E-state index < -0.39 is 0 Å². The van der Waals surface area contributed by atoms with Crippen LogP contribution in [0.1, 0.15) is 0 Å². The zero-order valence-corrected chi connectivity index (χ0v) is 11.9. The number of hydrogen-bond acceptors (Lipinski definition) is 0. The zero-order valence-electron chi connectivity index (χ0n) is 10.6. The molecule has 0 unspecified atom stereocenters. The maximum absolute atomic E-state index is 2.12. The summed E-state index contributed by atoms with van der Waals surface area (Å²) in [7, 11) is 0. The molecular weight excluding hydrogens is 268 g/mol. The third kappa shape index (κ3) is 6.10. The van der Waals surface area contributed by atoms with Gasteiger partial charge in [0.1, 0.15) is 0 Å². The molecule has 2 aromatic carbocycles. The first-order valence-corrected chi connectivity index (χ1v) is 6.07. The zero-order chi connectivity index (χ0) is 12.5. The van der Waals surface area contributed by atoms with E-state index in [0.717, 1.165) is 0 Å². The van der Waals surface area contributed by atoms with Gasteiger partial charge in [-0.2, -0.15) is 0 Å². The van der Waals surface area contributed by atoms with E-state index in [-0.39, 0.29) is 17.4 Å². The van der Waals surface area contributed by atoms with Crippen molar-refractivity contribution >= 4 is 0 Å². The van der Waals surface area contributed by atoms with Gasteiger partial charge in [-0.15, -0.1) is 0 Å². The molecule has 0 N–H and O–H groups in total. The molecule has 0 atom stereocenters. The molecule has 100 valence electrons. The Labute approximate surface area is 128 Å². The minimum Gasteiger partial charge on any atom is -0.726 e. The van der Waals surface area contributed by atoms with Crippen LogP contribution in [0.4, 0.5) is 0 Å². The van der Waals surface area contributed by atoms with Crippen molar-refractivity contribution in [3.8, 4) is 11.1 Å².